The molecular formula is C12H20F3NO3. The number of ether oxygens (including phenoxy) is 1. The molecule has 0 aliphatic heterocycles. The zero-order chi connectivity index (χ0) is 14.7. The van der Waals surface area contributed by atoms with Crippen molar-refractivity contribution in [1.82, 2.24) is 5.32 Å². The van der Waals surface area contributed by atoms with Crippen molar-refractivity contribution in [3.05, 3.63) is 0 Å². The average Bonchev–Trinajstić information content (AvgIpc) is 2.28. The number of aliphatic carboxylic acids is 1. The summed E-state index contributed by atoms with van der Waals surface area (Å²) in [6, 6.07) is 0. The Hall–Kier alpha value is -0.820. The molecule has 0 bridgehead atoms. The third-order valence-electron chi connectivity index (χ3n) is 3.49. The molecule has 19 heavy (non-hydrogen) atoms. The molecule has 0 saturated heterocycles. The highest BCUT2D eigenvalue weighted by molar-refractivity contribution is 5.79. The lowest BCUT2D eigenvalue weighted by molar-refractivity contribution is -0.231. The molecule has 1 fully saturated rings. The second kappa shape index (κ2) is 6.09. The van der Waals surface area contributed by atoms with Gasteiger partial charge in [0.15, 0.2) is 6.10 Å². The second-order valence-electron chi connectivity index (χ2n) is 4.96. The van der Waals surface area contributed by atoms with Crippen molar-refractivity contribution in [2.75, 3.05) is 6.54 Å². The van der Waals surface area contributed by atoms with Crippen LogP contribution in [0.15, 0.2) is 0 Å². The summed E-state index contributed by atoms with van der Waals surface area (Å²) < 4.78 is 42.3. The molecule has 1 saturated carbocycles. The number of likely N-dealkylation sites (N-methyl/N-ethyl adjacent to an activating group) is 1. The molecule has 7 heteroatoms. The maximum absolute atomic E-state index is 12.4. The molecule has 1 aliphatic carbocycles. The van der Waals surface area contributed by atoms with E-state index in [1.165, 1.54) is 0 Å². The Morgan fingerprint density at radius 3 is 2.68 bits per heavy atom. The Bertz CT molecular complexity index is 318. The Labute approximate surface area is 110 Å². The van der Waals surface area contributed by atoms with Gasteiger partial charge in [-0.2, -0.15) is 13.2 Å². The Morgan fingerprint density at radius 1 is 1.58 bits per heavy atom. The van der Waals surface area contributed by atoms with Gasteiger partial charge < -0.3 is 15.2 Å². The number of carboxylic acids is 1. The quantitative estimate of drug-likeness (QED) is 0.813. The van der Waals surface area contributed by atoms with Gasteiger partial charge in [0.2, 0.25) is 0 Å². The van der Waals surface area contributed by atoms with Gasteiger partial charge in [0.1, 0.15) is 5.54 Å². The van der Waals surface area contributed by atoms with Gasteiger partial charge in [-0.25, -0.2) is 0 Å². The van der Waals surface area contributed by atoms with Gasteiger partial charge in [-0.05, 0) is 32.7 Å². The van der Waals surface area contributed by atoms with E-state index in [2.05, 4.69) is 5.32 Å². The van der Waals surface area contributed by atoms with Crippen LogP contribution in [0, 0.1) is 0 Å². The SMILES string of the molecule is CCNC1(C(=O)O)CCCC(OC(C)C(F)(F)F)C1. The Balaban J connectivity index is 2.70. The van der Waals surface area contributed by atoms with Gasteiger partial charge in [0, 0.05) is 6.42 Å². The van der Waals surface area contributed by atoms with Gasteiger partial charge in [-0.15, -0.1) is 0 Å². The van der Waals surface area contributed by atoms with Crippen LogP contribution in [0.3, 0.4) is 0 Å². The third-order valence-corrected chi connectivity index (χ3v) is 3.49. The fourth-order valence-electron chi connectivity index (χ4n) is 2.48. The monoisotopic (exact) mass is 283 g/mol. The summed E-state index contributed by atoms with van der Waals surface area (Å²) >= 11 is 0. The maximum atomic E-state index is 12.4. The fourth-order valence-corrected chi connectivity index (χ4v) is 2.48. The van der Waals surface area contributed by atoms with Crippen molar-refractivity contribution in [2.24, 2.45) is 0 Å². The molecular weight excluding hydrogens is 263 g/mol. The van der Waals surface area contributed by atoms with E-state index >= 15 is 0 Å². The lowest BCUT2D eigenvalue weighted by Gasteiger charge is -2.39. The highest BCUT2D eigenvalue weighted by Gasteiger charge is 2.45. The molecule has 0 aromatic heterocycles. The minimum absolute atomic E-state index is 0.0661. The molecule has 3 unspecified atom stereocenters. The molecule has 1 aliphatic rings. The first-order valence-corrected chi connectivity index (χ1v) is 6.42. The van der Waals surface area contributed by atoms with E-state index < -0.39 is 29.9 Å². The number of rotatable bonds is 5. The topological polar surface area (TPSA) is 58.6 Å². The zero-order valence-corrected chi connectivity index (χ0v) is 11.1. The van der Waals surface area contributed by atoms with Crippen LogP contribution in [0.4, 0.5) is 13.2 Å². The van der Waals surface area contributed by atoms with Crippen molar-refractivity contribution < 1.29 is 27.8 Å². The van der Waals surface area contributed by atoms with E-state index in [1.54, 1.807) is 6.92 Å². The average molecular weight is 283 g/mol. The Morgan fingerprint density at radius 2 is 2.21 bits per heavy atom. The molecule has 0 amide bonds. The second-order valence-corrected chi connectivity index (χ2v) is 4.96. The minimum atomic E-state index is -4.42. The van der Waals surface area contributed by atoms with E-state index in [9.17, 15) is 23.1 Å². The molecule has 0 radical (unpaired) electrons. The largest absolute Gasteiger partial charge is 0.480 e. The highest BCUT2D eigenvalue weighted by Crippen LogP contribution is 2.33. The molecule has 1 rings (SSSR count). The minimum Gasteiger partial charge on any atom is -0.480 e. The van der Waals surface area contributed by atoms with Crippen LogP contribution < -0.4 is 5.32 Å². The lowest BCUT2D eigenvalue weighted by atomic mass is 9.80. The van der Waals surface area contributed by atoms with Crippen molar-refractivity contribution in [2.45, 2.75) is 63.5 Å². The third kappa shape index (κ3) is 4.07. The summed E-state index contributed by atoms with van der Waals surface area (Å²) in [5, 5.41) is 12.2. The molecule has 0 aromatic carbocycles. The first-order chi connectivity index (χ1) is 8.71. The predicted octanol–water partition coefficient (Wildman–Crippen LogP) is 2.33. The van der Waals surface area contributed by atoms with Crippen molar-refractivity contribution >= 4 is 5.97 Å². The van der Waals surface area contributed by atoms with E-state index in [0.29, 0.717) is 25.8 Å². The van der Waals surface area contributed by atoms with Crippen LogP contribution in [-0.4, -0.2) is 41.5 Å². The van der Waals surface area contributed by atoms with E-state index in [-0.39, 0.29) is 6.42 Å². The number of alkyl halides is 3. The lowest BCUT2D eigenvalue weighted by Crippen LogP contribution is -2.56. The number of nitrogens with one attached hydrogen (secondary N) is 1. The summed E-state index contributed by atoms with van der Waals surface area (Å²) in [7, 11) is 0. The molecule has 0 aromatic rings. The summed E-state index contributed by atoms with van der Waals surface area (Å²) in [5.74, 6) is -1.03. The normalized spacial score (nSPS) is 30.1. The molecule has 2 N–H and O–H groups in total. The number of hydrogen-bond acceptors (Lipinski definition) is 3. The van der Waals surface area contributed by atoms with Crippen LogP contribution in [0.25, 0.3) is 0 Å². The van der Waals surface area contributed by atoms with Gasteiger partial charge in [-0.3, -0.25) is 4.79 Å². The van der Waals surface area contributed by atoms with Gasteiger partial charge in [0.05, 0.1) is 6.10 Å². The van der Waals surface area contributed by atoms with Crippen molar-refractivity contribution in [3.8, 4) is 0 Å². The van der Waals surface area contributed by atoms with Gasteiger partial charge in [-0.1, -0.05) is 6.92 Å². The molecule has 4 nitrogen and oxygen atoms in total. The van der Waals surface area contributed by atoms with Gasteiger partial charge >= 0.3 is 12.1 Å². The maximum Gasteiger partial charge on any atom is 0.414 e. The highest BCUT2D eigenvalue weighted by atomic mass is 19.4. The summed E-state index contributed by atoms with van der Waals surface area (Å²) in [5.41, 5.74) is -1.16. The Kier molecular flexibility index (Phi) is 5.20. The number of carboxylic acid groups (broad SMARTS) is 1. The van der Waals surface area contributed by atoms with Gasteiger partial charge in [0.25, 0.3) is 0 Å². The van der Waals surface area contributed by atoms with Crippen LogP contribution in [0.1, 0.15) is 39.5 Å². The summed E-state index contributed by atoms with van der Waals surface area (Å²) in [6.07, 6.45) is -5.49. The van der Waals surface area contributed by atoms with E-state index in [4.69, 9.17) is 4.74 Å². The predicted molar refractivity (Wildman–Crippen MR) is 62.9 cm³/mol. The number of carbonyl (C=O) groups is 1. The van der Waals surface area contributed by atoms with Crippen LogP contribution >= 0.6 is 0 Å². The standard InChI is InChI=1S/C12H20F3NO3/c1-3-16-11(10(17)18)6-4-5-9(7-11)19-8(2)12(13,14)15/h8-9,16H,3-7H2,1-2H3,(H,17,18). The van der Waals surface area contributed by atoms with Crippen LogP contribution in [0.5, 0.6) is 0 Å². The summed E-state index contributed by atoms with van der Waals surface area (Å²) in [4.78, 5) is 11.4. The van der Waals surface area contributed by atoms with Crippen molar-refractivity contribution in [1.29, 1.82) is 0 Å². The molecule has 112 valence electrons. The van der Waals surface area contributed by atoms with Crippen LogP contribution in [-0.2, 0) is 9.53 Å². The summed E-state index contributed by atoms with van der Waals surface area (Å²) in [6.45, 7) is 3.17. The fraction of sp³-hybridized carbons (Fsp3) is 0.917. The molecule has 3 atom stereocenters. The van der Waals surface area contributed by atoms with E-state index in [0.717, 1.165) is 6.92 Å². The first kappa shape index (κ1) is 16.2. The zero-order valence-electron chi connectivity index (χ0n) is 11.1. The van der Waals surface area contributed by atoms with Crippen molar-refractivity contribution in [3.63, 3.8) is 0 Å². The smallest absolute Gasteiger partial charge is 0.414 e. The molecule has 0 heterocycles. The number of hydrogen-bond donors (Lipinski definition) is 2. The number of halogens is 3. The first-order valence-electron chi connectivity index (χ1n) is 6.42. The van der Waals surface area contributed by atoms with Crippen LogP contribution in [0.2, 0.25) is 0 Å². The molecule has 0 spiro atoms. The van der Waals surface area contributed by atoms with E-state index in [1.807, 2.05) is 0 Å².